The summed E-state index contributed by atoms with van der Waals surface area (Å²) < 4.78 is 24.1. The number of hydrogen-bond donors (Lipinski definition) is 2. The van der Waals surface area contributed by atoms with E-state index in [2.05, 4.69) is 5.10 Å². The molecule has 0 aliphatic heterocycles. The van der Waals surface area contributed by atoms with E-state index in [0.29, 0.717) is 5.69 Å². The fraction of sp³-hybridized carbons (Fsp3) is 0.100. The number of para-hydroxylation sites is 1. The maximum Gasteiger partial charge on any atom is 0.240 e. The molecule has 1 aromatic carbocycles. The van der Waals surface area contributed by atoms with E-state index in [1.807, 2.05) is 6.92 Å². The molecular weight excluding hydrogens is 240 g/mol. The Hall–Kier alpha value is -1.86. The standard InChI is InChI=1S/C10H12N4O2S/c1-7-5-13-14(6-7)8-3-2-4-9(10(8)11)17(12,15)16/h2-6H,11H2,1H3,(H2,12,15,16). The fourth-order valence-corrected chi connectivity index (χ4v) is 2.20. The van der Waals surface area contributed by atoms with Crippen LogP contribution in [0.2, 0.25) is 0 Å². The van der Waals surface area contributed by atoms with Crippen molar-refractivity contribution in [2.75, 3.05) is 5.73 Å². The van der Waals surface area contributed by atoms with Crippen LogP contribution >= 0.6 is 0 Å². The largest absolute Gasteiger partial charge is 0.396 e. The molecule has 0 radical (unpaired) electrons. The van der Waals surface area contributed by atoms with Gasteiger partial charge in [-0.15, -0.1) is 0 Å². The van der Waals surface area contributed by atoms with Crippen molar-refractivity contribution in [1.29, 1.82) is 0 Å². The van der Waals surface area contributed by atoms with Gasteiger partial charge in [-0.1, -0.05) is 6.07 Å². The third-order valence-electron chi connectivity index (χ3n) is 2.31. The average molecular weight is 252 g/mol. The lowest BCUT2D eigenvalue weighted by atomic mass is 10.2. The van der Waals surface area contributed by atoms with Gasteiger partial charge in [0.25, 0.3) is 0 Å². The second-order valence-electron chi connectivity index (χ2n) is 3.70. The van der Waals surface area contributed by atoms with Gasteiger partial charge < -0.3 is 5.73 Å². The Labute approximate surface area is 98.9 Å². The fourth-order valence-electron chi connectivity index (χ4n) is 1.52. The summed E-state index contributed by atoms with van der Waals surface area (Å²) in [4.78, 5) is -0.0943. The number of aromatic nitrogens is 2. The molecule has 0 amide bonds. The van der Waals surface area contributed by atoms with E-state index >= 15 is 0 Å². The van der Waals surface area contributed by atoms with Crippen LogP contribution in [0.15, 0.2) is 35.5 Å². The van der Waals surface area contributed by atoms with Gasteiger partial charge in [0.1, 0.15) is 4.90 Å². The minimum atomic E-state index is -3.82. The number of hydrogen-bond acceptors (Lipinski definition) is 4. The van der Waals surface area contributed by atoms with E-state index in [4.69, 9.17) is 10.9 Å². The first-order chi connectivity index (χ1) is 7.89. The van der Waals surface area contributed by atoms with Crippen molar-refractivity contribution < 1.29 is 8.42 Å². The summed E-state index contributed by atoms with van der Waals surface area (Å²) >= 11 is 0. The Bertz CT molecular complexity index is 661. The highest BCUT2D eigenvalue weighted by molar-refractivity contribution is 7.89. The number of aryl methyl sites for hydroxylation is 1. The Morgan fingerprint density at radius 2 is 2.06 bits per heavy atom. The quantitative estimate of drug-likeness (QED) is 0.755. The maximum atomic E-state index is 11.3. The summed E-state index contributed by atoms with van der Waals surface area (Å²) in [5.74, 6) is 0. The number of nitrogens with two attached hydrogens (primary N) is 2. The van der Waals surface area contributed by atoms with Crippen LogP contribution < -0.4 is 10.9 Å². The second-order valence-corrected chi connectivity index (χ2v) is 5.23. The van der Waals surface area contributed by atoms with Crippen LogP contribution in [0.1, 0.15) is 5.56 Å². The molecule has 1 heterocycles. The highest BCUT2D eigenvalue weighted by Gasteiger charge is 2.15. The van der Waals surface area contributed by atoms with Crippen molar-refractivity contribution in [3.8, 4) is 5.69 Å². The van der Waals surface area contributed by atoms with Crippen molar-refractivity contribution in [3.63, 3.8) is 0 Å². The molecule has 4 N–H and O–H groups in total. The first kappa shape index (κ1) is 11.6. The Kier molecular flexibility index (Phi) is 2.64. The van der Waals surface area contributed by atoms with Crippen LogP contribution in [-0.2, 0) is 10.0 Å². The molecule has 90 valence electrons. The lowest BCUT2D eigenvalue weighted by Gasteiger charge is -2.09. The van der Waals surface area contributed by atoms with Gasteiger partial charge in [0.15, 0.2) is 0 Å². The van der Waals surface area contributed by atoms with Crippen LogP contribution in [0, 0.1) is 6.92 Å². The number of rotatable bonds is 2. The molecule has 0 saturated heterocycles. The van der Waals surface area contributed by atoms with Gasteiger partial charge in [-0.05, 0) is 24.6 Å². The molecule has 0 spiro atoms. The number of nitrogen functional groups attached to an aromatic ring is 1. The van der Waals surface area contributed by atoms with Gasteiger partial charge in [-0.3, -0.25) is 0 Å². The molecule has 1 aromatic heterocycles. The van der Waals surface area contributed by atoms with Gasteiger partial charge in [-0.2, -0.15) is 5.10 Å². The van der Waals surface area contributed by atoms with E-state index in [1.54, 1.807) is 24.5 Å². The Morgan fingerprint density at radius 1 is 1.35 bits per heavy atom. The van der Waals surface area contributed by atoms with E-state index in [9.17, 15) is 8.42 Å². The summed E-state index contributed by atoms with van der Waals surface area (Å²) in [6.07, 6.45) is 3.40. The van der Waals surface area contributed by atoms with E-state index < -0.39 is 10.0 Å². The highest BCUT2D eigenvalue weighted by Crippen LogP contribution is 2.24. The molecule has 0 aliphatic carbocycles. The Balaban J connectivity index is 2.65. The summed E-state index contributed by atoms with van der Waals surface area (Å²) in [6, 6.07) is 4.61. The third-order valence-corrected chi connectivity index (χ3v) is 3.28. The van der Waals surface area contributed by atoms with Crippen molar-refractivity contribution in [1.82, 2.24) is 9.78 Å². The summed E-state index contributed by atoms with van der Waals surface area (Å²) in [5.41, 5.74) is 7.33. The van der Waals surface area contributed by atoms with Gasteiger partial charge in [-0.25, -0.2) is 18.2 Å². The van der Waals surface area contributed by atoms with E-state index in [-0.39, 0.29) is 10.6 Å². The Morgan fingerprint density at radius 3 is 2.59 bits per heavy atom. The molecule has 2 rings (SSSR count). The minimum Gasteiger partial charge on any atom is -0.396 e. The topological polar surface area (TPSA) is 104 Å². The number of sulfonamides is 1. The summed E-state index contributed by atoms with van der Waals surface area (Å²) in [5, 5.41) is 9.14. The zero-order chi connectivity index (χ0) is 12.6. The van der Waals surface area contributed by atoms with E-state index in [1.165, 1.54) is 10.7 Å². The predicted molar refractivity (Wildman–Crippen MR) is 64.1 cm³/mol. The molecule has 0 fully saturated rings. The molecule has 0 atom stereocenters. The number of primary sulfonamides is 1. The van der Waals surface area contributed by atoms with E-state index in [0.717, 1.165) is 5.56 Å². The molecule has 0 unspecified atom stereocenters. The average Bonchev–Trinajstić information content (AvgIpc) is 2.63. The smallest absolute Gasteiger partial charge is 0.240 e. The molecule has 17 heavy (non-hydrogen) atoms. The van der Waals surface area contributed by atoms with Gasteiger partial charge in [0.2, 0.25) is 10.0 Å². The monoisotopic (exact) mass is 252 g/mol. The molecule has 2 aromatic rings. The zero-order valence-corrected chi connectivity index (χ0v) is 9.98. The third kappa shape index (κ3) is 2.15. The van der Waals surface area contributed by atoms with Crippen LogP contribution in [-0.4, -0.2) is 18.2 Å². The highest BCUT2D eigenvalue weighted by atomic mass is 32.2. The lowest BCUT2D eigenvalue weighted by Crippen LogP contribution is -2.15. The molecule has 0 saturated carbocycles. The van der Waals surface area contributed by atoms with Gasteiger partial charge in [0, 0.05) is 6.20 Å². The van der Waals surface area contributed by atoms with Crippen molar-refractivity contribution in [2.45, 2.75) is 11.8 Å². The minimum absolute atomic E-state index is 0.0943. The van der Waals surface area contributed by atoms with Crippen LogP contribution in [0.25, 0.3) is 5.69 Å². The number of benzene rings is 1. The van der Waals surface area contributed by atoms with Crippen molar-refractivity contribution >= 4 is 15.7 Å². The number of nitrogens with zero attached hydrogens (tertiary/aromatic N) is 2. The summed E-state index contributed by atoms with van der Waals surface area (Å²) in [7, 11) is -3.82. The van der Waals surface area contributed by atoms with Crippen molar-refractivity contribution in [2.24, 2.45) is 5.14 Å². The first-order valence-corrected chi connectivity index (χ1v) is 6.37. The van der Waals surface area contributed by atoms with Crippen LogP contribution in [0.4, 0.5) is 5.69 Å². The second kappa shape index (κ2) is 3.86. The zero-order valence-electron chi connectivity index (χ0n) is 9.16. The van der Waals surface area contributed by atoms with Crippen molar-refractivity contribution in [3.05, 3.63) is 36.2 Å². The van der Waals surface area contributed by atoms with Gasteiger partial charge in [0.05, 0.1) is 17.6 Å². The van der Waals surface area contributed by atoms with Crippen LogP contribution in [0.5, 0.6) is 0 Å². The predicted octanol–water partition coefficient (Wildman–Crippen LogP) is 0.410. The lowest BCUT2D eigenvalue weighted by molar-refractivity contribution is 0.598. The summed E-state index contributed by atoms with van der Waals surface area (Å²) in [6.45, 7) is 1.88. The SMILES string of the molecule is Cc1cnn(-c2cccc(S(N)(=O)=O)c2N)c1. The van der Waals surface area contributed by atoms with Crippen LogP contribution in [0.3, 0.4) is 0 Å². The normalized spacial score (nSPS) is 11.6. The molecule has 0 bridgehead atoms. The van der Waals surface area contributed by atoms with Gasteiger partial charge >= 0.3 is 0 Å². The maximum absolute atomic E-state index is 11.3. The number of anilines is 1. The molecule has 7 heteroatoms. The molecular formula is C10H12N4O2S. The molecule has 0 aliphatic rings. The molecule has 6 nitrogen and oxygen atoms in total. The first-order valence-electron chi connectivity index (χ1n) is 4.82.